The van der Waals surface area contributed by atoms with Gasteiger partial charge in [-0.1, -0.05) is 48.0 Å². The van der Waals surface area contributed by atoms with Crippen LogP contribution in [0.4, 0.5) is 5.69 Å². The Morgan fingerprint density at radius 3 is 2.34 bits per heavy atom. The molecule has 2 N–H and O–H groups in total. The molecule has 0 radical (unpaired) electrons. The summed E-state index contributed by atoms with van der Waals surface area (Å²) in [5.74, 6) is -0.324. The van der Waals surface area contributed by atoms with E-state index in [1.54, 1.807) is 61.5 Å². The van der Waals surface area contributed by atoms with Crippen molar-refractivity contribution >= 4 is 33.2 Å². The highest BCUT2D eigenvalue weighted by molar-refractivity contribution is 7.92. The number of carbonyl (C=O) groups excluding carboxylic acids is 1. The number of hydrogen-bond donors (Lipinski definition) is 2. The zero-order chi connectivity index (χ0) is 20.9. The molecule has 0 aromatic heterocycles. The van der Waals surface area contributed by atoms with Gasteiger partial charge in [0.15, 0.2) is 0 Å². The van der Waals surface area contributed by atoms with Gasteiger partial charge < -0.3 is 5.32 Å². The summed E-state index contributed by atoms with van der Waals surface area (Å²) in [6, 6.07) is 20.7. The highest BCUT2D eigenvalue weighted by Crippen LogP contribution is 2.21. The first-order chi connectivity index (χ1) is 13.8. The summed E-state index contributed by atoms with van der Waals surface area (Å²) in [5, 5.41) is 3.49. The van der Waals surface area contributed by atoms with Crippen LogP contribution < -0.4 is 10.0 Å². The van der Waals surface area contributed by atoms with E-state index in [-0.39, 0.29) is 10.8 Å². The number of para-hydroxylation sites is 1. The first kappa shape index (κ1) is 20.9. The van der Waals surface area contributed by atoms with Crippen molar-refractivity contribution in [3.63, 3.8) is 0 Å². The van der Waals surface area contributed by atoms with Crippen molar-refractivity contribution in [2.75, 3.05) is 11.3 Å². The van der Waals surface area contributed by atoms with Crippen LogP contribution in [0, 0.1) is 6.92 Å². The van der Waals surface area contributed by atoms with Crippen LogP contribution in [0.2, 0.25) is 5.02 Å². The number of amides is 1. The molecule has 0 aliphatic rings. The van der Waals surface area contributed by atoms with Gasteiger partial charge in [-0.3, -0.25) is 9.52 Å². The second-order valence-corrected chi connectivity index (χ2v) is 8.67. The molecule has 3 aromatic carbocycles. The van der Waals surface area contributed by atoms with E-state index < -0.39 is 10.0 Å². The van der Waals surface area contributed by atoms with Gasteiger partial charge in [0.25, 0.3) is 15.9 Å². The Labute approximate surface area is 175 Å². The van der Waals surface area contributed by atoms with Crippen molar-refractivity contribution in [2.45, 2.75) is 18.2 Å². The fraction of sp³-hybridized carbons (Fsp3) is 0.136. The predicted molar refractivity (Wildman–Crippen MR) is 116 cm³/mol. The van der Waals surface area contributed by atoms with Crippen LogP contribution in [0.5, 0.6) is 0 Å². The molecule has 0 unspecified atom stereocenters. The van der Waals surface area contributed by atoms with Gasteiger partial charge in [0, 0.05) is 22.8 Å². The maximum atomic E-state index is 12.8. The Kier molecular flexibility index (Phi) is 6.56. The number of benzene rings is 3. The molecule has 150 valence electrons. The number of nitrogens with one attached hydrogen (secondary N) is 2. The monoisotopic (exact) mass is 428 g/mol. The highest BCUT2D eigenvalue weighted by atomic mass is 35.5. The van der Waals surface area contributed by atoms with Gasteiger partial charge in [-0.15, -0.1) is 0 Å². The molecule has 0 aliphatic carbocycles. The lowest BCUT2D eigenvalue weighted by atomic mass is 10.1. The molecule has 3 aromatic rings. The molecule has 0 spiro atoms. The second kappa shape index (κ2) is 9.11. The van der Waals surface area contributed by atoms with E-state index in [2.05, 4.69) is 10.0 Å². The smallest absolute Gasteiger partial charge is 0.262 e. The summed E-state index contributed by atoms with van der Waals surface area (Å²) in [4.78, 5) is 12.6. The predicted octanol–water partition coefficient (Wildman–Crippen LogP) is 4.42. The minimum atomic E-state index is -3.81. The molecule has 7 heteroatoms. The van der Waals surface area contributed by atoms with Crippen LogP contribution in [0.15, 0.2) is 77.7 Å². The maximum absolute atomic E-state index is 12.8. The average Bonchev–Trinajstić information content (AvgIpc) is 2.70. The quantitative estimate of drug-likeness (QED) is 0.584. The minimum Gasteiger partial charge on any atom is -0.352 e. The third-order valence-corrected chi connectivity index (χ3v) is 6.15. The Hall–Kier alpha value is -2.83. The number of sulfonamides is 1. The molecule has 0 heterocycles. The molecule has 5 nitrogen and oxygen atoms in total. The van der Waals surface area contributed by atoms with Crippen LogP contribution in [0.3, 0.4) is 0 Å². The summed E-state index contributed by atoms with van der Waals surface area (Å²) < 4.78 is 28.1. The van der Waals surface area contributed by atoms with Gasteiger partial charge in [0.05, 0.1) is 4.90 Å². The zero-order valence-electron chi connectivity index (χ0n) is 15.9. The number of anilines is 1. The van der Waals surface area contributed by atoms with Crippen LogP contribution in [0.1, 0.15) is 21.5 Å². The summed E-state index contributed by atoms with van der Waals surface area (Å²) in [6.07, 6.45) is 0.648. The van der Waals surface area contributed by atoms with Gasteiger partial charge >= 0.3 is 0 Å². The Morgan fingerprint density at radius 2 is 1.66 bits per heavy atom. The lowest BCUT2D eigenvalue weighted by Crippen LogP contribution is -2.26. The fourth-order valence-corrected chi connectivity index (χ4v) is 4.28. The van der Waals surface area contributed by atoms with Gasteiger partial charge in [0.2, 0.25) is 0 Å². The van der Waals surface area contributed by atoms with Gasteiger partial charge in [0.1, 0.15) is 0 Å². The van der Waals surface area contributed by atoms with Crippen molar-refractivity contribution in [3.05, 3.63) is 94.5 Å². The standard InChI is InChI=1S/C22H21ClN2O3S/c1-16-7-10-18(22(26)24-14-13-17-8-11-19(23)12-9-17)15-21(16)29(27,28)25-20-5-3-2-4-6-20/h2-12,15,25H,13-14H2,1H3,(H,24,26). The summed E-state index contributed by atoms with van der Waals surface area (Å²) >= 11 is 5.87. The summed E-state index contributed by atoms with van der Waals surface area (Å²) in [5.41, 5.74) is 2.37. The van der Waals surface area contributed by atoms with E-state index in [4.69, 9.17) is 11.6 Å². The van der Waals surface area contributed by atoms with Crippen LogP contribution in [-0.4, -0.2) is 20.9 Å². The molecule has 1 amide bonds. The summed E-state index contributed by atoms with van der Waals surface area (Å²) in [7, 11) is -3.81. The average molecular weight is 429 g/mol. The van der Waals surface area contributed by atoms with E-state index in [0.29, 0.717) is 34.8 Å². The zero-order valence-corrected chi connectivity index (χ0v) is 17.4. The maximum Gasteiger partial charge on any atom is 0.262 e. The van der Waals surface area contributed by atoms with Crippen molar-refractivity contribution < 1.29 is 13.2 Å². The molecule has 0 bridgehead atoms. The fourth-order valence-electron chi connectivity index (χ4n) is 2.82. The van der Waals surface area contributed by atoms with E-state index in [9.17, 15) is 13.2 Å². The number of hydrogen-bond acceptors (Lipinski definition) is 3. The number of aryl methyl sites for hydroxylation is 1. The van der Waals surface area contributed by atoms with Crippen molar-refractivity contribution in [1.29, 1.82) is 0 Å². The van der Waals surface area contributed by atoms with Crippen LogP contribution in [0.25, 0.3) is 0 Å². The number of halogens is 1. The van der Waals surface area contributed by atoms with E-state index in [1.165, 1.54) is 6.07 Å². The Bertz CT molecular complexity index is 1100. The molecular weight excluding hydrogens is 408 g/mol. The normalized spacial score (nSPS) is 11.1. The molecule has 0 saturated carbocycles. The third-order valence-electron chi connectivity index (χ3n) is 4.38. The molecule has 0 aliphatic heterocycles. The molecular formula is C22H21ClN2O3S. The Balaban J connectivity index is 1.70. The molecule has 0 atom stereocenters. The summed E-state index contributed by atoms with van der Waals surface area (Å²) in [6.45, 7) is 2.13. The SMILES string of the molecule is Cc1ccc(C(=O)NCCc2ccc(Cl)cc2)cc1S(=O)(=O)Nc1ccccc1. The van der Waals surface area contributed by atoms with Crippen molar-refractivity contribution in [2.24, 2.45) is 0 Å². The van der Waals surface area contributed by atoms with Gasteiger partial charge in [-0.25, -0.2) is 8.42 Å². The van der Waals surface area contributed by atoms with E-state index in [1.807, 2.05) is 12.1 Å². The second-order valence-electron chi connectivity index (χ2n) is 6.58. The number of rotatable bonds is 7. The third kappa shape index (κ3) is 5.59. The molecule has 29 heavy (non-hydrogen) atoms. The highest BCUT2D eigenvalue weighted by Gasteiger charge is 2.19. The first-order valence-corrected chi connectivity index (χ1v) is 10.9. The molecule has 0 saturated heterocycles. The van der Waals surface area contributed by atoms with Gasteiger partial charge in [-0.05, 0) is 60.9 Å². The van der Waals surface area contributed by atoms with Crippen LogP contribution in [-0.2, 0) is 16.4 Å². The van der Waals surface area contributed by atoms with Crippen molar-refractivity contribution in [1.82, 2.24) is 5.32 Å². The topological polar surface area (TPSA) is 75.3 Å². The van der Waals surface area contributed by atoms with Gasteiger partial charge in [-0.2, -0.15) is 0 Å². The lowest BCUT2D eigenvalue weighted by molar-refractivity contribution is 0.0954. The minimum absolute atomic E-state index is 0.0757. The molecule has 3 rings (SSSR count). The van der Waals surface area contributed by atoms with E-state index >= 15 is 0 Å². The number of carbonyl (C=O) groups is 1. The first-order valence-electron chi connectivity index (χ1n) is 9.06. The van der Waals surface area contributed by atoms with E-state index in [0.717, 1.165) is 5.56 Å². The largest absolute Gasteiger partial charge is 0.352 e. The van der Waals surface area contributed by atoms with Crippen molar-refractivity contribution in [3.8, 4) is 0 Å². The molecule has 0 fully saturated rings. The van der Waals surface area contributed by atoms with Crippen LogP contribution >= 0.6 is 11.6 Å². The lowest BCUT2D eigenvalue weighted by Gasteiger charge is -2.12. The Morgan fingerprint density at radius 1 is 0.966 bits per heavy atom.